The molecule has 0 atom stereocenters. The molecule has 1 aromatic rings. The summed E-state index contributed by atoms with van der Waals surface area (Å²) < 4.78 is 0. The van der Waals surface area contributed by atoms with E-state index in [9.17, 15) is 9.59 Å². The molecule has 7 heteroatoms. The van der Waals surface area contributed by atoms with Crippen molar-refractivity contribution in [1.82, 2.24) is 24.9 Å². The fraction of sp³-hybridized carbons (Fsp3) is 0.737. The highest BCUT2D eigenvalue weighted by molar-refractivity contribution is 5.92. The number of aromatic amines is 1. The van der Waals surface area contributed by atoms with Gasteiger partial charge in [0.05, 0.1) is 6.54 Å². The molecule has 0 spiro atoms. The molecule has 7 nitrogen and oxygen atoms in total. The Labute approximate surface area is 156 Å². The van der Waals surface area contributed by atoms with Crippen molar-refractivity contribution in [3.63, 3.8) is 0 Å². The molecule has 1 saturated heterocycles. The Bertz CT molecular complexity index is 595. The van der Waals surface area contributed by atoms with Gasteiger partial charge in [-0.15, -0.1) is 0 Å². The second-order valence-electron chi connectivity index (χ2n) is 7.36. The first-order valence-electron chi connectivity index (χ1n) is 9.78. The lowest BCUT2D eigenvalue weighted by atomic mass is 10.1. The Balaban J connectivity index is 1.90. The van der Waals surface area contributed by atoms with Gasteiger partial charge in [-0.3, -0.25) is 19.6 Å². The molecule has 1 aromatic heterocycles. The Hall–Kier alpha value is -1.89. The minimum Gasteiger partial charge on any atom is -0.342 e. The highest BCUT2D eigenvalue weighted by atomic mass is 16.2. The van der Waals surface area contributed by atoms with Gasteiger partial charge in [-0.2, -0.15) is 5.10 Å². The van der Waals surface area contributed by atoms with E-state index in [1.54, 1.807) is 0 Å². The number of rotatable bonds is 7. The van der Waals surface area contributed by atoms with E-state index in [1.165, 1.54) is 0 Å². The van der Waals surface area contributed by atoms with Crippen LogP contribution in [0, 0.1) is 5.92 Å². The van der Waals surface area contributed by atoms with E-state index >= 15 is 0 Å². The summed E-state index contributed by atoms with van der Waals surface area (Å²) in [5, 5.41) is 7.17. The summed E-state index contributed by atoms with van der Waals surface area (Å²) in [7, 11) is 0. The lowest BCUT2D eigenvalue weighted by Crippen LogP contribution is -2.42. The lowest BCUT2D eigenvalue weighted by molar-refractivity contribution is -0.132. The molecular formula is C19H33N5O2. The number of hydrogen-bond acceptors (Lipinski definition) is 4. The smallest absolute Gasteiger partial charge is 0.274 e. The maximum absolute atomic E-state index is 12.7. The van der Waals surface area contributed by atoms with Gasteiger partial charge in [0, 0.05) is 45.0 Å². The largest absolute Gasteiger partial charge is 0.342 e. The third-order valence-electron chi connectivity index (χ3n) is 4.83. The molecule has 0 aliphatic carbocycles. The van der Waals surface area contributed by atoms with Crippen molar-refractivity contribution in [1.29, 1.82) is 0 Å². The number of carbonyl (C=O) groups excluding carboxylic acids is 2. The van der Waals surface area contributed by atoms with Crippen molar-refractivity contribution in [2.24, 2.45) is 5.92 Å². The van der Waals surface area contributed by atoms with E-state index in [4.69, 9.17) is 0 Å². The van der Waals surface area contributed by atoms with E-state index in [2.05, 4.69) is 28.9 Å². The Morgan fingerprint density at radius 1 is 1.19 bits per heavy atom. The average molecular weight is 364 g/mol. The number of aromatic nitrogens is 2. The zero-order valence-electron chi connectivity index (χ0n) is 16.6. The van der Waals surface area contributed by atoms with Crippen LogP contribution in [0.3, 0.4) is 0 Å². The molecule has 0 bridgehead atoms. The minimum atomic E-state index is -0.0202. The second kappa shape index (κ2) is 9.71. The molecule has 146 valence electrons. The normalized spacial score (nSPS) is 16.0. The number of hydrogen-bond donors (Lipinski definition) is 1. The zero-order chi connectivity index (χ0) is 19.1. The number of likely N-dealkylation sites (N-methyl/N-ethyl adjacent to an activating group) is 1. The van der Waals surface area contributed by atoms with Crippen LogP contribution in [0.1, 0.15) is 50.3 Å². The molecule has 26 heavy (non-hydrogen) atoms. The third-order valence-corrected chi connectivity index (χ3v) is 4.83. The van der Waals surface area contributed by atoms with Crippen molar-refractivity contribution in [3.05, 3.63) is 17.5 Å². The fourth-order valence-electron chi connectivity index (χ4n) is 3.38. The van der Waals surface area contributed by atoms with Crippen LogP contribution in [0.2, 0.25) is 0 Å². The first kappa shape index (κ1) is 20.4. The van der Waals surface area contributed by atoms with Crippen LogP contribution < -0.4 is 0 Å². The summed E-state index contributed by atoms with van der Waals surface area (Å²) in [4.78, 5) is 30.9. The topological polar surface area (TPSA) is 72.5 Å². The summed E-state index contributed by atoms with van der Waals surface area (Å²) in [5.74, 6) is 0.669. The third kappa shape index (κ3) is 5.56. The van der Waals surface area contributed by atoms with E-state index in [1.807, 2.05) is 29.7 Å². The SMILES string of the molecule is CCN(CC)C(=O)CN1CCCN(C(=O)c2cc(CC(C)C)[nH]n2)CC1. The maximum atomic E-state index is 12.7. The number of nitrogens with one attached hydrogen (secondary N) is 1. The number of amides is 2. The maximum Gasteiger partial charge on any atom is 0.274 e. The molecule has 2 heterocycles. The summed E-state index contributed by atoms with van der Waals surface area (Å²) in [6.45, 7) is 13.1. The zero-order valence-corrected chi connectivity index (χ0v) is 16.6. The van der Waals surface area contributed by atoms with Gasteiger partial charge in [0.2, 0.25) is 5.91 Å². The molecule has 2 rings (SSSR count). The van der Waals surface area contributed by atoms with E-state index in [-0.39, 0.29) is 11.8 Å². The van der Waals surface area contributed by atoms with E-state index in [0.717, 1.165) is 44.7 Å². The van der Waals surface area contributed by atoms with Crippen LogP contribution in [0.4, 0.5) is 0 Å². The fourth-order valence-corrected chi connectivity index (χ4v) is 3.38. The van der Waals surface area contributed by atoms with Crippen molar-refractivity contribution < 1.29 is 9.59 Å². The number of carbonyl (C=O) groups is 2. The van der Waals surface area contributed by atoms with Gasteiger partial charge < -0.3 is 9.80 Å². The summed E-state index contributed by atoms with van der Waals surface area (Å²) in [5.41, 5.74) is 1.50. The minimum absolute atomic E-state index is 0.0202. The predicted molar refractivity (Wildman–Crippen MR) is 102 cm³/mol. The van der Waals surface area contributed by atoms with Crippen LogP contribution >= 0.6 is 0 Å². The van der Waals surface area contributed by atoms with Crippen LogP contribution in [-0.4, -0.2) is 82.5 Å². The average Bonchev–Trinajstić information content (AvgIpc) is 2.93. The molecule has 0 unspecified atom stereocenters. The highest BCUT2D eigenvalue weighted by Gasteiger charge is 2.24. The van der Waals surface area contributed by atoms with Crippen molar-refractivity contribution in [2.45, 2.75) is 40.5 Å². The molecule has 1 N–H and O–H groups in total. The van der Waals surface area contributed by atoms with Gasteiger partial charge in [-0.1, -0.05) is 13.8 Å². The van der Waals surface area contributed by atoms with Gasteiger partial charge in [0.15, 0.2) is 0 Å². The van der Waals surface area contributed by atoms with Crippen molar-refractivity contribution in [2.75, 3.05) is 45.8 Å². The van der Waals surface area contributed by atoms with Gasteiger partial charge in [0.1, 0.15) is 5.69 Å². The van der Waals surface area contributed by atoms with Gasteiger partial charge >= 0.3 is 0 Å². The molecular weight excluding hydrogens is 330 g/mol. The Morgan fingerprint density at radius 2 is 1.92 bits per heavy atom. The Morgan fingerprint density at radius 3 is 2.58 bits per heavy atom. The Kier molecular flexibility index (Phi) is 7.63. The highest BCUT2D eigenvalue weighted by Crippen LogP contribution is 2.11. The summed E-state index contributed by atoms with van der Waals surface area (Å²) in [6.07, 6.45) is 1.77. The predicted octanol–water partition coefficient (Wildman–Crippen LogP) is 1.62. The number of nitrogens with zero attached hydrogens (tertiary/aromatic N) is 4. The lowest BCUT2D eigenvalue weighted by Gasteiger charge is -2.25. The molecule has 0 radical (unpaired) electrons. The molecule has 1 fully saturated rings. The molecule has 0 aromatic carbocycles. The van der Waals surface area contributed by atoms with Crippen LogP contribution in [0.25, 0.3) is 0 Å². The van der Waals surface area contributed by atoms with Gasteiger partial charge in [0.25, 0.3) is 5.91 Å². The van der Waals surface area contributed by atoms with Crippen LogP contribution in [-0.2, 0) is 11.2 Å². The van der Waals surface area contributed by atoms with Gasteiger partial charge in [-0.05, 0) is 38.7 Å². The summed E-state index contributed by atoms with van der Waals surface area (Å²) in [6, 6.07) is 1.87. The van der Waals surface area contributed by atoms with Crippen LogP contribution in [0.5, 0.6) is 0 Å². The van der Waals surface area contributed by atoms with E-state index < -0.39 is 0 Å². The van der Waals surface area contributed by atoms with Crippen molar-refractivity contribution in [3.8, 4) is 0 Å². The second-order valence-corrected chi connectivity index (χ2v) is 7.36. The first-order valence-corrected chi connectivity index (χ1v) is 9.78. The molecule has 1 aliphatic heterocycles. The number of H-pyrrole nitrogens is 1. The van der Waals surface area contributed by atoms with E-state index in [0.29, 0.717) is 31.2 Å². The standard InChI is InChI=1S/C19H33N5O2/c1-5-23(6-2)18(25)14-22-8-7-9-24(11-10-22)19(26)17-13-16(20-21-17)12-15(3)4/h13,15H,5-12,14H2,1-4H3,(H,20,21). The first-order chi connectivity index (χ1) is 12.4. The molecule has 0 saturated carbocycles. The monoisotopic (exact) mass is 363 g/mol. The quantitative estimate of drug-likeness (QED) is 0.799. The van der Waals surface area contributed by atoms with Crippen LogP contribution in [0.15, 0.2) is 6.07 Å². The summed E-state index contributed by atoms with van der Waals surface area (Å²) >= 11 is 0. The molecule has 2 amide bonds. The van der Waals surface area contributed by atoms with Gasteiger partial charge in [-0.25, -0.2) is 0 Å². The van der Waals surface area contributed by atoms with Crippen molar-refractivity contribution >= 4 is 11.8 Å². The molecule has 1 aliphatic rings.